The van der Waals surface area contributed by atoms with Gasteiger partial charge in [-0.2, -0.15) is 0 Å². The first-order chi connectivity index (χ1) is 14.0. The van der Waals surface area contributed by atoms with Gasteiger partial charge in [-0.1, -0.05) is 11.6 Å². The number of halogens is 1. The fraction of sp³-hybridized carbons (Fsp3) is 0.667. The van der Waals surface area contributed by atoms with E-state index in [4.69, 9.17) is 26.8 Å². The van der Waals surface area contributed by atoms with Gasteiger partial charge in [0, 0.05) is 32.2 Å². The Hall–Kier alpha value is -1.54. The molecule has 2 aliphatic heterocycles. The number of amides is 1. The lowest BCUT2D eigenvalue weighted by atomic mass is 9.96. The molecule has 1 aromatic rings. The molecule has 0 aromatic heterocycles. The van der Waals surface area contributed by atoms with E-state index in [0.717, 1.165) is 25.6 Å². The average molecular weight is 425 g/mol. The Labute approximate surface area is 178 Å². The smallest absolute Gasteiger partial charge is 0.255 e. The van der Waals surface area contributed by atoms with Crippen molar-refractivity contribution in [2.75, 3.05) is 65.3 Å². The van der Waals surface area contributed by atoms with Crippen molar-refractivity contribution >= 4 is 23.2 Å². The molecule has 2 aliphatic rings. The maximum Gasteiger partial charge on any atom is 0.255 e. The Morgan fingerprint density at radius 2 is 2.10 bits per heavy atom. The van der Waals surface area contributed by atoms with Gasteiger partial charge in [-0.25, -0.2) is 0 Å². The van der Waals surface area contributed by atoms with E-state index in [-0.39, 0.29) is 12.0 Å². The number of hydrogen-bond donors (Lipinski definition) is 2. The van der Waals surface area contributed by atoms with Crippen LogP contribution in [0.3, 0.4) is 0 Å². The number of nitrogens with two attached hydrogens (primary N) is 1. The molecular weight excluding hydrogens is 392 g/mol. The second kappa shape index (κ2) is 10.5. The number of hydrogen-bond acceptors (Lipinski definition) is 6. The summed E-state index contributed by atoms with van der Waals surface area (Å²) in [6.45, 7) is 8.74. The normalized spacial score (nSPS) is 21.8. The van der Waals surface area contributed by atoms with E-state index in [9.17, 15) is 4.79 Å². The number of carbonyl (C=O) groups excluding carboxylic acids is 1. The topological polar surface area (TPSA) is 80.1 Å². The van der Waals surface area contributed by atoms with Crippen molar-refractivity contribution in [2.24, 2.45) is 5.92 Å². The zero-order chi connectivity index (χ0) is 20.8. The maximum absolute atomic E-state index is 12.7. The molecule has 7 nitrogen and oxygen atoms in total. The van der Waals surface area contributed by atoms with Gasteiger partial charge in [0.05, 0.1) is 35.6 Å². The van der Waals surface area contributed by atoms with Gasteiger partial charge >= 0.3 is 0 Å². The summed E-state index contributed by atoms with van der Waals surface area (Å²) in [6, 6.07) is 3.16. The number of carbonyl (C=O) groups is 1. The number of nitrogens with zero attached hydrogens (tertiary/aromatic N) is 2. The molecule has 3 rings (SSSR count). The standard InChI is InChI=1S/C21H33ClN4O3/c1-3-28-20-11-19(23)18(22)10-17(20)21(27)24-12-16-14-26(8-9-29-16)13-15-4-6-25(2)7-5-15/h10-11,15-16H,3-9,12-14,23H2,1-2H3,(H,24,27). The molecule has 3 N–H and O–H groups in total. The van der Waals surface area contributed by atoms with Gasteiger partial charge in [0.1, 0.15) is 5.75 Å². The highest BCUT2D eigenvalue weighted by Crippen LogP contribution is 2.29. The quantitative estimate of drug-likeness (QED) is 0.652. The second-order valence-electron chi connectivity index (χ2n) is 8.01. The van der Waals surface area contributed by atoms with Gasteiger partial charge in [0.2, 0.25) is 0 Å². The Morgan fingerprint density at radius 1 is 1.34 bits per heavy atom. The van der Waals surface area contributed by atoms with E-state index in [0.29, 0.717) is 41.8 Å². The summed E-state index contributed by atoms with van der Waals surface area (Å²) in [5.41, 5.74) is 6.63. The minimum atomic E-state index is -0.230. The Morgan fingerprint density at radius 3 is 2.83 bits per heavy atom. The number of rotatable bonds is 7. The molecule has 1 atom stereocenters. The molecule has 29 heavy (non-hydrogen) atoms. The van der Waals surface area contributed by atoms with Gasteiger partial charge in [0.25, 0.3) is 5.91 Å². The van der Waals surface area contributed by atoms with Gasteiger partial charge in [-0.15, -0.1) is 0 Å². The summed E-state index contributed by atoms with van der Waals surface area (Å²) < 4.78 is 11.4. The maximum atomic E-state index is 12.7. The molecule has 2 saturated heterocycles. The summed E-state index contributed by atoms with van der Waals surface area (Å²) >= 11 is 6.10. The van der Waals surface area contributed by atoms with Crippen LogP contribution in [0.2, 0.25) is 5.02 Å². The number of nitrogens with one attached hydrogen (secondary N) is 1. The average Bonchev–Trinajstić information content (AvgIpc) is 2.71. The molecule has 0 radical (unpaired) electrons. The molecule has 0 saturated carbocycles. The van der Waals surface area contributed by atoms with Crippen LogP contribution in [0.25, 0.3) is 0 Å². The molecular formula is C21H33ClN4O3. The zero-order valence-electron chi connectivity index (χ0n) is 17.5. The van der Waals surface area contributed by atoms with Crippen molar-refractivity contribution in [2.45, 2.75) is 25.9 Å². The van der Waals surface area contributed by atoms with E-state index in [1.54, 1.807) is 12.1 Å². The van der Waals surface area contributed by atoms with Crippen molar-refractivity contribution in [1.29, 1.82) is 0 Å². The van der Waals surface area contributed by atoms with E-state index in [1.165, 1.54) is 25.9 Å². The lowest BCUT2D eigenvalue weighted by Crippen LogP contribution is -2.49. The van der Waals surface area contributed by atoms with Crippen LogP contribution >= 0.6 is 11.6 Å². The number of likely N-dealkylation sites (tertiary alicyclic amines) is 1. The van der Waals surface area contributed by atoms with Gasteiger partial charge < -0.3 is 25.4 Å². The van der Waals surface area contributed by atoms with Crippen molar-refractivity contribution in [3.63, 3.8) is 0 Å². The molecule has 2 heterocycles. The van der Waals surface area contributed by atoms with Crippen LogP contribution in [0, 0.1) is 5.92 Å². The van der Waals surface area contributed by atoms with Crippen LogP contribution in [0.4, 0.5) is 5.69 Å². The zero-order valence-corrected chi connectivity index (χ0v) is 18.2. The molecule has 8 heteroatoms. The Kier molecular flexibility index (Phi) is 8.00. The SMILES string of the molecule is CCOc1cc(N)c(Cl)cc1C(=O)NCC1CN(CC2CCN(C)CC2)CCO1. The lowest BCUT2D eigenvalue weighted by Gasteiger charge is -2.37. The molecule has 162 valence electrons. The minimum absolute atomic E-state index is 0.0150. The number of anilines is 1. The number of piperidine rings is 1. The second-order valence-corrected chi connectivity index (χ2v) is 8.42. The van der Waals surface area contributed by atoms with Crippen molar-refractivity contribution in [3.8, 4) is 5.75 Å². The van der Waals surface area contributed by atoms with Gasteiger partial charge in [0.15, 0.2) is 0 Å². The third-order valence-corrected chi connectivity index (χ3v) is 6.04. The third-order valence-electron chi connectivity index (χ3n) is 5.71. The van der Waals surface area contributed by atoms with E-state index >= 15 is 0 Å². The fourth-order valence-electron chi connectivity index (χ4n) is 4.00. The molecule has 1 aromatic carbocycles. The minimum Gasteiger partial charge on any atom is -0.493 e. The highest BCUT2D eigenvalue weighted by Gasteiger charge is 2.25. The van der Waals surface area contributed by atoms with Gasteiger partial charge in [-0.05, 0) is 51.9 Å². The largest absolute Gasteiger partial charge is 0.493 e. The summed E-state index contributed by atoms with van der Waals surface area (Å²) in [4.78, 5) is 17.6. The summed E-state index contributed by atoms with van der Waals surface area (Å²) in [7, 11) is 2.19. The van der Waals surface area contributed by atoms with Crippen LogP contribution in [0.1, 0.15) is 30.1 Å². The monoisotopic (exact) mass is 424 g/mol. The molecule has 2 fully saturated rings. The first-order valence-electron chi connectivity index (χ1n) is 10.5. The predicted octanol–water partition coefficient (Wildman–Crippen LogP) is 2.09. The molecule has 0 spiro atoms. The summed E-state index contributed by atoms with van der Waals surface area (Å²) in [5.74, 6) is 0.969. The highest BCUT2D eigenvalue weighted by atomic mass is 35.5. The molecule has 0 aliphatic carbocycles. The first-order valence-corrected chi connectivity index (χ1v) is 10.9. The third kappa shape index (κ3) is 6.22. The summed E-state index contributed by atoms with van der Waals surface area (Å²) in [6.07, 6.45) is 2.50. The molecule has 1 amide bonds. The number of nitrogen functional groups attached to an aromatic ring is 1. The van der Waals surface area contributed by atoms with E-state index in [1.807, 2.05) is 6.92 Å². The number of ether oxygens (including phenoxy) is 2. The van der Waals surface area contributed by atoms with Crippen LogP contribution in [0.5, 0.6) is 5.75 Å². The van der Waals surface area contributed by atoms with E-state index in [2.05, 4.69) is 22.2 Å². The van der Waals surface area contributed by atoms with Gasteiger partial charge in [-0.3, -0.25) is 9.69 Å². The molecule has 1 unspecified atom stereocenters. The number of benzene rings is 1. The Balaban J connectivity index is 1.51. The van der Waals surface area contributed by atoms with Crippen LogP contribution in [-0.2, 0) is 4.74 Å². The summed E-state index contributed by atoms with van der Waals surface area (Å²) in [5, 5.41) is 3.31. The van der Waals surface area contributed by atoms with Crippen molar-refractivity contribution in [1.82, 2.24) is 15.1 Å². The lowest BCUT2D eigenvalue weighted by molar-refractivity contribution is -0.0332. The highest BCUT2D eigenvalue weighted by molar-refractivity contribution is 6.33. The van der Waals surface area contributed by atoms with Crippen molar-refractivity contribution in [3.05, 3.63) is 22.7 Å². The Bertz CT molecular complexity index is 695. The fourth-order valence-corrected chi connectivity index (χ4v) is 4.17. The first kappa shape index (κ1) is 22.2. The number of morpholine rings is 1. The van der Waals surface area contributed by atoms with Crippen LogP contribution < -0.4 is 15.8 Å². The predicted molar refractivity (Wildman–Crippen MR) is 116 cm³/mol. The van der Waals surface area contributed by atoms with E-state index < -0.39 is 0 Å². The van der Waals surface area contributed by atoms with Crippen LogP contribution in [-0.4, -0.2) is 81.3 Å². The van der Waals surface area contributed by atoms with Crippen molar-refractivity contribution < 1.29 is 14.3 Å². The molecule has 0 bridgehead atoms. The van der Waals surface area contributed by atoms with Crippen LogP contribution in [0.15, 0.2) is 12.1 Å².